The molecule has 1 N–H and O–H groups in total. The van der Waals surface area contributed by atoms with E-state index in [-0.39, 0.29) is 0 Å². The second kappa shape index (κ2) is 7.33. The number of methoxy groups -OCH3 is 1. The zero-order valence-electron chi connectivity index (χ0n) is 11.5. The molecule has 0 amide bonds. The van der Waals surface area contributed by atoms with Gasteiger partial charge in [-0.1, -0.05) is 32.9 Å². The molecule has 2 heteroatoms. The predicted octanol–water partition coefficient (Wildman–Crippen LogP) is 3.92. The lowest BCUT2D eigenvalue weighted by atomic mass is 10.0. The molecular weight excluding hydrogens is 210 g/mol. The number of benzene rings is 1. The quantitative estimate of drug-likeness (QED) is 0.773. The predicted molar refractivity (Wildman–Crippen MR) is 73.5 cm³/mol. The largest absolute Gasteiger partial charge is 0.497 e. The summed E-state index contributed by atoms with van der Waals surface area (Å²) in [5.41, 5.74) is 1.32. The Kier molecular flexibility index (Phi) is 6.06. The van der Waals surface area contributed by atoms with Gasteiger partial charge in [0.15, 0.2) is 0 Å². The Morgan fingerprint density at radius 3 is 2.35 bits per heavy atom. The zero-order valence-corrected chi connectivity index (χ0v) is 11.5. The molecule has 2 nitrogen and oxygen atoms in total. The van der Waals surface area contributed by atoms with Crippen molar-refractivity contribution in [1.82, 2.24) is 5.32 Å². The van der Waals surface area contributed by atoms with Gasteiger partial charge in [0.25, 0.3) is 0 Å². The maximum atomic E-state index is 5.28. The number of hydrogen-bond acceptors (Lipinski definition) is 2. The van der Waals surface area contributed by atoms with Gasteiger partial charge in [-0.15, -0.1) is 0 Å². The average Bonchev–Trinajstić information content (AvgIpc) is 2.40. The van der Waals surface area contributed by atoms with E-state index in [1.165, 1.54) is 18.4 Å². The molecule has 0 aliphatic carbocycles. The van der Waals surface area contributed by atoms with Crippen LogP contribution in [-0.2, 0) is 0 Å². The van der Waals surface area contributed by atoms with E-state index in [1.54, 1.807) is 7.11 Å². The van der Waals surface area contributed by atoms with E-state index in [0.29, 0.717) is 12.1 Å². The van der Waals surface area contributed by atoms with Gasteiger partial charge >= 0.3 is 0 Å². The number of rotatable bonds is 7. The summed E-state index contributed by atoms with van der Waals surface area (Å²) >= 11 is 0. The average molecular weight is 235 g/mol. The van der Waals surface area contributed by atoms with Crippen molar-refractivity contribution in [2.24, 2.45) is 0 Å². The van der Waals surface area contributed by atoms with Crippen LogP contribution >= 0.6 is 0 Å². The van der Waals surface area contributed by atoms with Crippen LogP contribution in [0.25, 0.3) is 0 Å². The zero-order chi connectivity index (χ0) is 12.7. The summed E-state index contributed by atoms with van der Waals surface area (Å²) < 4.78 is 5.28. The van der Waals surface area contributed by atoms with Gasteiger partial charge in [-0.2, -0.15) is 0 Å². The van der Waals surface area contributed by atoms with E-state index in [0.717, 1.165) is 12.2 Å². The molecule has 1 aromatic carbocycles. The van der Waals surface area contributed by atoms with Crippen molar-refractivity contribution >= 4 is 0 Å². The molecule has 17 heavy (non-hydrogen) atoms. The van der Waals surface area contributed by atoms with Crippen molar-refractivity contribution in [2.75, 3.05) is 7.11 Å². The van der Waals surface area contributed by atoms with Gasteiger partial charge in [0.05, 0.1) is 7.11 Å². The molecule has 0 radical (unpaired) electrons. The minimum atomic E-state index is 0.426. The van der Waals surface area contributed by atoms with Crippen molar-refractivity contribution < 1.29 is 4.74 Å². The molecule has 0 aliphatic heterocycles. The SMILES string of the molecule is CCC(CC)NC(CC)c1cccc(OC)c1. The highest BCUT2D eigenvalue weighted by Crippen LogP contribution is 2.22. The summed E-state index contributed by atoms with van der Waals surface area (Å²) in [4.78, 5) is 0. The monoisotopic (exact) mass is 235 g/mol. The van der Waals surface area contributed by atoms with Crippen LogP contribution < -0.4 is 10.1 Å². The third kappa shape index (κ3) is 4.04. The summed E-state index contributed by atoms with van der Waals surface area (Å²) in [6.45, 7) is 6.69. The lowest BCUT2D eigenvalue weighted by molar-refractivity contribution is 0.398. The smallest absolute Gasteiger partial charge is 0.119 e. The van der Waals surface area contributed by atoms with E-state index in [4.69, 9.17) is 4.74 Å². The van der Waals surface area contributed by atoms with E-state index < -0.39 is 0 Å². The number of ether oxygens (including phenoxy) is 1. The summed E-state index contributed by atoms with van der Waals surface area (Å²) in [6, 6.07) is 9.38. The molecule has 1 rings (SSSR count). The van der Waals surface area contributed by atoms with Gasteiger partial charge in [0.1, 0.15) is 5.75 Å². The minimum Gasteiger partial charge on any atom is -0.497 e. The molecule has 0 aliphatic rings. The van der Waals surface area contributed by atoms with Crippen molar-refractivity contribution in [2.45, 2.75) is 52.1 Å². The van der Waals surface area contributed by atoms with Crippen LogP contribution in [0.5, 0.6) is 5.75 Å². The van der Waals surface area contributed by atoms with Gasteiger partial charge in [-0.05, 0) is 37.0 Å². The maximum absolute atomic E-state index is 5.28. The lowest BCUT2D eigenvalue weighted by Crippen LogP contribution is -2.31. The van der Waals surface area contributed by atoms with E-state index in [9.17, 15) is 0 Å². The Balaban J connectivity index is 2.77. The molecule has 96 valence electrons. The number of nitrogens with one attached hydrogen (secondary N) is 1. The first-order valence-electron chi connectivity index (χ1n) is 6.65. The standard InChI is InChI=1S/C15H25NO/c1-5-13(6-2)16-15(7-3)12-9-8-10-14(11-12)17-4/h8-11,13,15-16H,5-7H2,1-4H3. The Bertz CT molecular complexity index is 320. The van der Waals surface area contributed by atoms with Crippen LogP contribution in [-0.4, -0.2) is 13.2 Å². The van der Waals surface area contributed by atoms with Gasteiger partial charge in [0, 0.05) is 12.1 Å². The molecular formula is C15H25NO. The van der Waals surface area contributed by atoms with Crippen molar-refractivity contribution in [3.8, 4) is 5.75 Å². The van der Waals surface area contributed by atoms with E-state index in [1.807, 2.05) is 6.07 Å². The highest BCUT2D eigenvalue weighted by Gasteiger charge is 2.13. The maximum Gasteiger partial charge on any atom is 0.119 e. The van der Waals surface area contributed by atoms with Crippen molar-refractivity contribution in [3.05, 3.63) is 29.8 Å². The van der Waals surface area contributed by atoms with E-state index in [2.05, 4.69) is 44.3 Å². The van der Waals surface area contributed by atoms with Crippen molar-refractivity contribution in [3.63, 3.8) is 0 Å². The van der Waals surface area contributed by atoms with Gasteiger partial charge < -0.3 is 10.1 Å². The Labute approximate surface area is 105 Å². The summed E-state index contributed by atoms with van der Waals surface area (Å²) in [7, 11) is 1.72. The molecule has 1 aromatic rings. The fourth-order valence-corrected chi connectivity index (χ4v) is 2.12. The molecule has 0 saturated carbocycles. The van der Waals surface area contributed by atoms with Crippen LogP contribution in [0.2, 0.25) is 0 Å². The van der Waals surface area contributed by atoms with Gasteiger partial charge in [-0.3, -0.25) is 0 Å². The van der Waals surface area contributed by atoms with Gasteiger partial charge in [-0.25, -0.2) is 0 Å². The van der Waals surface area contributed by atoms with Gasteiger partial charge in [0.2, 0.25) is 0 Å². The van der Waals surface area contributed by atoms with E-state index >= 15 is 0 Å². The first-order chi connectivity index (χ1) is 8.24. The second-order valence-corrected chi connectivity index (χ2v) is 4.42. The molecule has 0 heterocycles. The molecule has 0 aromatic heterocycles. The third-order valence-corrected chi connectivity index (χ3v) is 3.33. The Hall–Kier alpha value is -1.02. The second-order valence-electron chi connectivity index (χ2n) is 4.42. The van der Waals surface area contributed by atoms with Crippen LogP contribution in [0.3, 0.4) is 0 Å². The first kappa shape index (κ1) is 14.0. The molecule has 1 unspecified atom stereocenters. The Morgan fingerprint density at radius 2 is 1.82 bits per heavy atom. The topological polar surface area (TPSA) is 21.3 Å². The highest BCUT2D eigenvalue weighted by atomic mass is 16.5. The van der Waals surface area contributed by atoms with Crippen LogP contribution in [0.1, 0.15) is 51.6 Å². The summed E-state index contributed by atoms with van der Waals surface area (Å²) in [5.74, 6) is 0.937. The normalized spacial score (nSPS) is 12.8. The highest BCUT2D eigenvalue weighted by molar-refractivity contribution is 5.30. The lowest BCUT2D eigenvalue weighted by Gasteiger charge is -2.24. The molecule has 0 saturated heterocycles. The number of hydrogen-bond donors (Lipinski definition) is 1. The third-order valence-electron chi connectivity index (χ3n) is 3.33. The molecule has 0 spiro atoms. The summed E-state index contributed by atoms with van der Waals surface area (Å²) in [5, 5.41) is 3.72. The molecule has 1 atom stereocenters. The fourth-order valence-electron chi connectivity index (χ4n) is 2.12. The first-order valence-corrected chi connectivity index (χ1v) is 6.65. The summed E-state index contributed by atoms with van der Waals surface area (Å²) in [6.07, 6.45) is 3.46. The molecule has 0 bridgehead atoms. The Morgan fingerprint density at radius 1 is 1.12 bits per heavy atom. The fraction of sp³-hybridized carbons (Fsp3) is 0.600. The molecule has 0 fully saturated rings. The van der Waals surface area contributed by atoms with Crippen LogP contribution in [0.4, 0.5) is 0 Å². The minimum absolute atomic E-state index is 0.426. The van der Waals surface area contributed by atoms with Crippen LogP contribution in [0.15, 0.2) is 24.3 Å². The van der Waals surface area contributed by atoms with Crippen LogP contribution in [0, 0.1) is 0 Å². The van der Waals surface area contributed by atoms with Crippen molar-refractivity contribution in [1.29, 1.82) is 0 Å².